The summed E-state index contributed by atoms with van der Waals surface area (Å²) >= 11 is 0. The van der Waals surface area contributed by atoms with Crippen LogP contribution >= 0.6 is 0 Å². The van der Waals surface area contributed by atoms with E-state index >= 15 is 0 Å². The molecule has 0 unspecified atom stereocenters. The lowest BCUT2D eigenvalue weighted by Gasteiger charge is -2.11. The van der Waals surface area contributed by atoms with Crippen molar-refractivity contribution in [3.05, 3.63) is 29.8 Å². The van der Waals surface area contributed by atoms with E-state index in [2.05, 4.69) is 0 Å². The first-order valence-electron chi connectivity index (χ1n) is 4.28. The Bertz CT molecular complexity index is 324. The Morgan fingerprint density at radius 1 is 1.50 bits per heavy atom. The highest BCUT2D eigenvalue weighted by molar-refractivity contribution is 5.78. The van der Waals surface area contributed by atoms with Crippen molar-refractivity contribution in [1.29, 1.82) is 0 Å². The van der Waals surface area contributed by atoms with Gasteiger partial charge in [-0.3, -0.25) is 9.80 Å². The molecule has 1 aromatic rings. The van der Waals surface area contributed by atoms with Gasteiger partial charge in [-0.25, -0.2) is 5.84 Å². The molecule has 0 saturated carbocycles. The molecule has 0 aliphatic heterocycles. The van der Waals surface area contributed by atoms with E-state index in [-0.39, 0.29) is 12.3 Å². The minimum absolute atomic E-state index is 0.144. The Morgan fingerprint density at radius 3 is 2.71 bits per heavy atom. The van der Waals surface area contributed by atoms with Crippen molar-refractivity contribution >= 4 is 5.91 Å². The highest BCUT2D eigenvalue weighted by Crippen LogP contribution is 2.17. The van der Waals surface area contributed by atoms with Crippen LogP contribution in [-0.2, 0) is 11.2 Å². The Kier molecular flexibility index (Phi) is 3.48. The lowest BCUT2D eigenvalue weighted by Crippen LogP contribution is -2.34. The maximum Gasteiger partial charge on any atom is 0.240 e. The highest BCUT2D eigenvalue weighted by Gasteiger charge is 2.09. The number of rotatable bonds is 3. The van der Waals surface area contributed by atoms with Gasteiger partial charge >= 0.3 is 0 Å². The highest BCUT2D eigenvalue weighted by atomic mass is 16.5. The Hall–Kier alpha value is -1.55. The molecule has 4 heteroatoms. The molecule has 0 aliphatic carbocycles. The number of likely N-dealkylation sites (N-methyl/N-ethyl adjacent to an activating group) is 1. The molecule has 1 aromatic carbocycles. The zero-order valence-corrected chi connectivity index (χ0v) is 8.36. The van der Waals surface area contributed by atoms with E-state index in [0.717, 1.165) is 10.6 Å². The van der Waals surface area contributed by atoms with Crippen molar-refractivity contribution in [3.63, 3.8) is 0 Å². The van der Waals surface area contributed by atoms with Crippen LogP contribution in [0.5, 0.6) is 5.75 Å². The SMILES string of the molecule is COc1ccccc1CC(=O)N(C)N. The average molecular weight is 194 g/mol. The van der Waals surface area contributed by atoms with Gasteiger partial charge in [0, 0.05) is 12.6 Å². The second kappa shape index (κ2) is 4.62. The van der Waals surface area contributed by atoms with Crippen LogP contribution in [-0.4, -0.2) is 25.1 Å². The van der Waals surface area contributed by atoms with Crippen molar-refractivity contribution in [2.75, 3.05) is 14.2 Å². The van der Waals surface area contributed by atoms with Crippen LogP contribution in [0, 0.1) is 0 Å². The number of nitrogens with zero attached hydrogens (tertiary/aromatic N) is 1. The van der Waals surface area contributed by atoms with Crippen LogP contribution in [0.25, 0.3) is 0 Å². The molecule has 0 bridgehead atoms. The number of hydrogen-bond acceptors (Lipinski definition) is 3. The van der Waals surface area contributed by atoms with E-state index in [4.69, 9.17) is 10.6 Å². The number of carbonyl (C=O) groups excluding carboxylic acids is 1. The van der Waals surface area contributed by atoms with E-state index in [1.54, 1.807) is 7.11 Å². The third kappa shape index (κ3) is 2.47. The minimum atomic E-state index is -0.144. The molecule has 0 atom stereocenters. The predicted octanol–water partition coefficient (Wildman–Crippen LogP) is 0.570. The monoisotopic (exact) mass is 194 g/mol. The third-order valence-electron chi connectivity index (χ3n) is 1.93. The normalized spacial score (nSPS) is 9.64. The summed E-state index contributed by atoms with van der Waals surface area (Å²) in [6.07, 6.45) is 0.261. The average Bonchev–Trinajstić information content (AvgIpc) is 2.18. The summed E-state index contributed by atoms with van der Waals surface area (Å²) in [6.45, 7) is 0. The van der Waals surface area contributed by atoms with Crippen LogP contribution in [0.15, 0.2) is 24.3 Å². The molecule has 0 spiro atoms. The Morgan fingerprint density at radius 2 is 2.14 bits per heavy atom. The standard InChI is InChI=1S/C10H14N2O2/c1-12(11)10(13)7-8-5-3-4-6-9(8)14-2/h3-6H,7,11H2,1-2H3. The van der Waals surface area contributed by atoms with Gasteiger partial charge in [-0.15, -0.1) is 0 Å². The molecule has 14 heavy (non-hydrogen) atoms. The van der Waals surface area contributed by atoms with E-state index in [1.165, 1.54) is 7.05 Å². The summed E-state index contributed by atoms with van der Waals surface area (Å²) in [4.78, 5) is 11.3. The molecule has 1 amide bonds. The van der Waals surface area contributed by atoms with Gasteiger partial charge in [0.2, 0.25) is 5.91 Å². The second-order valence-corrected chi connectivity index (χ2v) is 2.99. The van der Waals surface area contributed by atoms with Crippen LogP contribution in [0.1, 0.15) is 5.56 Å². The molecule has 0 radical (unpaired) electrons. The first-order chi connectivity index (χ1) is 6.65. The number of nitrogens with two attached hydrogens (primary N) is 1. The number of benzene rings is 1. The van der Waals surface area contributed by atoms with Gasteiger partial charge in [0.05, 0.1) is 13.5 Å². The molecule has 0 fully saturated rings. The fourth-order valence-electron chi connectivity index (χ4n) is 1.14. The smallest absolute Gasteiger partial charge is 0.240 e. The van der Waals surface area contributed by atoms with E-state index in [1.807, 2.05) is 24.3 Å². The van der Waals surface area contributed by atoms with Gasteiger partial charge < -0.3 is 4.74 Å². The van der Waals surface area contributed by atoms with Crippen molar-refractivity contribution < 1.29 is 9.53 Å². The molecular formula is C10H14N2O2. The largest absolute Gasteiger partial charge is 0.496 e. The van der Waals surface area contributed by atoms with E-state index in [9.17, 15) is 4.79 Å². The number of methoxy groups -OCH3 is 1. The molecule has 1 rings (SSSR count). The number of hydrogen-bond donors (Lipinski definition) is 1. The maximum atomic E-state index is 11.3. The number of hydrazine groups is 1. The van der Waals surface area contributed by atoms with Crippen LogP contribution in [0.4, 0.5) is 0 Å². The van der Waals surface area contributed by atoms with E-state index in [0.29, 0.717) is 5.75 Å². The molecule has 2 N–H and O–H groups in total. The molecule has 0 aromatic heterocycles. The van der Waals surface area contributed by atoms with Gasteiger partial charge in [-0.05, 0) is 6.07 Å². The van der Waals surface area contributed by atoms with E-state index < -0.39 is 0 Å². The molecule has 0 heterocycles. The third-order valence-corrected chi connectivity index (χ3v) is 1.93. The molecule has 0 aliphatic rings. The van der Waals surface area contributed by atoms with Gasteiger partial charge in [0.25, 0.3) is 0 Å². The first kappa shape index (κ1) is 10.5. The van der Waals surface area contributed by atoms with Crippen molar-refractivity contribution in [2.45, 2.75) is 6.42 Å². The summed E-state index contributed by atoms with van der Waals surface area (Å²) in [7, 11) is 3.10. The van der Waals surface area contributed by atoms with Gasteiger partial charge in [0.1, 0.15) is 5.75 Å². The zero-order chi connectivity index (χ0) is 10.6. The Labute approximate surface area is 83.2 Å². The molecule has 4 nitrogen and oxygen atoms in total. The summed E-state index contributed by atoms with van der Waals surface area (Å²) < 4.78 is 5.11. The van der Waals surface area contributed by atoms with Crippen LogP contribution in [0.3, 0.4) is 0 Å². The Balaban J connectivity index is 2.80. The number of para-hydroxylation sites is 1. The van der Waals surface area contributed by atoms with Gasteiger partial charge in [-0.1, -0.05) is 18.2 Å². The van der Waals surface area contributed by atoms with Crippen LogP contribution in [0.2, 0.25) is 0 Å². The van der Waals surface area contributed by atoms with Crippen molar-refractivity contribution in [1.82, 2.24) is 5.01 Å². The quantitative estimate of drug-likeness (QED) is 0.435. The number of amides is 1. The van der Waals surface area contributed by atoms with Crippen LogP contribution < -0.4 is 10.6 Å². The van der Waals surface area contributed by atoms with Crippen molar-refractivity contribution in [3.8, 4) is 5.75 Å². The second-order valence-electron chi connectivity index (χ2n) is 2.99. The fourth-order valence-corrected chi connectivity index (χ4v) is 1.14. The number of ether oxygens (including phenoxy) is 1. The van der Waals surface area contributed by atoms with Gasteiger partial charge in [0.15, 0.2) is 0 Å². The lowest BCUT2D eigenvalue weighted by molar-refractivity contribution is -0.129. The summed E-state index contributed by atoms with van der Waals surface area (Å²) in [5.41, 5.74) is 0.845. The number of carbonyl (C=O) groups is 1. The molecular weight excluding hydrogens is 180 g/mol. The van der Waals surface area contributed by atoms with Crippen molar-refractivity contribution in [2.24, 2.45) is 5.84 Å². The molecule has 0 saturated heterocycles. The molecule has 76 valence electrons. The summed E-state index contributed by atoms with van der Waals surface area (Å²) in [5, 5.41) is 1.08. The topological polar surface area (TPSA) is 55.6 Å². The fraction of sp³-hybridized carbons (Fsp3) is 0.300. The zero-order valence-electron chi connectivity index (χ0n) is 8.36. The minimum Gasteiger partial charge on any atom is -0.496 e. The first-order valence-corrected chi connectivity index (χ1v) is 4.28. The summed E-state index contributed by atoms with van der Waals surface area (Å²) in [6, 6.07) is 7.39. The lowest BCUT2D eigenvalue weighted by atomic mass is 10.1. The maximum absolute atomic E-state index is 11.3. The predicted molar refractivity (Wildman–Crippen MR) is 53.7 cm³/mol. The van der Waals surface area contributed by atoms with Gasteiger partial charge in [-0.2, -0.15) is 0 Å². The summed E-state index contributed by atoms with van der Waals surface area (Å²) in [5.74, 6) is 5.89.